The van der Waals surface area contributed by atoms with Crippen LogP contribution in [0.4, 0.5) is 0 Å². The molecule has 0 radical (unpaired) electrons. The number of nitrogens with zero attached hydrogens (tertiary/aromatic N) is 1. The van der Waals surface area contributed by atoms with Crippen molar-refractivity contribution >= 4 is 24.6 Å². The summed E-state index contributed by atoms with van der Waals surface area (Å²) in [5, 5.41) is 2.02. The predicted molar refractivity (Wildman–Crippen MR) is 85.7 cm³/mol. The van der Waals surface area contributed by atoms with Crippen LogP contribution in [0.25, 0.3) is 0 Å². The molecular formula is C17H22N2O4. The van der Waals surface area contributed by atoms with Crippen molar-refractivity contribution < 1.29 is 19.2 Å². The number of rotatable bonds is 8. The lowest BCUT2D eigenvalue weighted by atomic mass is 9.99. The zero-order chi connectivity index (χ0) is 17.4. The van der Waals surface area contributed by atoms with Crippen LogP contribution < -0.4 is 5.32 Å². The predicted octanol–water partition coefficient (Wildman–Crippen LogP) is 1.60. The summed E-state index contributed by atoms with van der Waals surface area (Å²) in [5.41, 5.74) is 2.18. The highest BCUT2D eigenvalue weighted by molar-refractivity contribution is 6.05. The van der Waals surface area contributed by atoms with Gasteiger partial charge >= 0.3 is 0 Å². The van der Waals surface area contributed by atoms with Crippen LogP contribution in [0.15, 0.2) is 18.2 Å². The highest BCUT2D eigenvalue weighted by Crippen LogP contribution is 2.18. The maximum absolute atomic E-state index is 12.7. The van der Waals surface area contributed by atoms with E-state index in [9.17, 15) is 19.2 Å². The van der Waals surface area contributed by atoms with E-state index < -0.39 is 17.9 Å². The summed E-state index contributed by atoms with van der Waals surface area (Å²) in [7, 11) is 0. The molecular weight excluding hydrogens is 296 g/mol. The Morgan fingerprint density at radius 2 is 1.96 bits per heavy atom. The first-order chi connectivity index (χ1) is 11.0. The Labute approximate surface area is 135 Å². The van der Waals surface area contributed by atoms with Crippen molar-refractivity contribution in [2.24, 2.45) is 0 Å². The molecule has 1 rings (SSSR count). The number of hydrogen-bond acceptors (Lipinski definition) is 4. The molecule has 1 aromatic carbocycles. The van der Waals surface area contributed by atoms with Crippen LogP contribution in [0, 0.1) is 6.92 Å². The second-order valence-electron chi connectivity index (χ2n) is 5.19. The highest BCUT2D eigenvalue weighted by Gasteiger charge is 2.30. The van der Waals surface area contributed by atoms with Crippen LogP contribution in [0.3, 0.4) is 0 Å². The summed E-state index contributed by atoms with van der Waals surface area (Å²) in [6.45, 7) is 5.62. The molecule has 124 valence electrons. The zero-order valence-corrected chi connectivity index (χ0v) is 13.7. The van der Waals surface area contributed by atoms with Crippen molar-refractivity contribution in [1.29, 1.82) is 0 Å². The largest absolute Gasteiger partial charge is 0.297 e. The monoisotopic (exact) mass is 318 g/mol. The van der Waals surface area contributed by atoms with Gasteiger partial charge in [-0.25, -0.2) is 0 Å². The van der Waals surface area contributed by atoms with E-state index >= 15 is 0 Å². The molecule has 0 saturated heterocycles. The van der Waals surface area contributed by atoms with Gasteiger partial charge in [-0.15, -0.1) is 0 Å². The van der Waals surface area contributed by atoms with Crippen LogP contribution >= 0.6 is 0 Å². The van der Waals surface area contributed by atoms with E-state index in [1.165, 1.54) is 0 Å². The molecule has 0 aliphatic carbocycles. The number of carbonyl (C=O) groups excluding carboxylic acids is 4. The molecule has 0 fully saturated rings. The lowest BCUT2D eigenvalue weighted by molar-refractivity contribution is -0.133. The lowest BCUT2D eigenvalue weighted by Crippen LogP contribution is -2.48. The summed E-state index contributed by atoms with van der Waals surface area (Å²) in [4.78, 5) is 47.5. The molecule has 23 heavy (non-hydrogen) atoms. The third-order valence-corrected chi connectivity index (χ3v) is 3.81. The van der Waals surface area contributed by atoms with Gasteiger partial charge in [-0.2, -0.15) is 0 Å². The van der Waals surface area contributed by atoms with Crippen molar-refractivity contribution in [1.82, 2.24) is 10.2 Å². The number of aryl methyl sites for hydroxylation is 1. The second kappa shape index (κ2) is 8.82. The molecule has 0 heterocycles. The Morgan fingerprint density at radius 3 is 2.48 bits per heavy atom. The fourth-order valence-electron chi connectivity index (χ4n) is 2.52. The van der Waals surface area contributed by atoms with E-state index in [1.807, 2.05) is 32.2 Å². The first kappa shape index (κ1) is 18.5. The van der Waals surface area contributed by atoms with E-state index in [-0.39, 0.29) is 12.8 Å². The van der Waals surface area contributed by atoms with Crippen LogP contribution in [-0.4, -0.2) is 35.6 Å². The average Bonchev–Trinajstić information content (AvgIpc) is 2.55. The molecule has 0 spiro atoms. The van der Waals surface area contributed by atoms with E-state index in [2.05, 4.69) is 0 Å². The molecule has 1 unspecified atom stereocenters. The quantitative estimate of drug-likeness (QED) is 0.738. The van der Waals surface area contributed by atoms with Gasteiger partial charge < -0.3 is 0 Å². The Kier molecular flexibility index (Phi) is 7.12. The van der Waals surface area contributed by atoms with Gasteiger partial charge in [0.1, 0.15) is 6.04 Å². The maximum Gasteiger partial charge on any atom is 0.261 e. The lowest BCUT2D eigenvalue weighted by Gasteiger charge is -2.25. The van der Waals surface area contributed by atoms with E-state index in [0.717, 1.165) is 22.4 Å². The fourth-order valence-corrected chi connectivity index (χ4v) is 2.52. The molecule has 1 atom stereocenters. The average molecular weight is 318 g/mol. The summed E-state index contributed by atoms with van der Waals surface area (Å²) in [6, 6.07) is 4.30. The minimum Gasteiger partial charge on any atom is -0.297 e. The third kappa shape index (κ3) is 4.25. The minimum atomic E-state index is -1.00. The Hall–Kier alpha value is -2.50. The Morgan fingerprint density at radius 1 is 1.26 bits per heavy atom. The number of carbonyl (C=O) groups is 4. The van der Waals surface area contributed by atoms with Gasteiger partial charge in [-0.3, -0.25) is 29.4 Å². The molecule has 1 aromatic rings. The second-order valence-corrected chi connectivity index (χ2v) is 5.19. The summed E-state index contributed by atoms with van der Waals surface area (Å²) in [6.07, 6.45) is 2.24. The van der Waals surface area contributed by atoms with Crippen molar-refractivity contribution in [3.05, 3.63) is 34.9 Å². The molecule has 0 bridgehead atoms. The summed E-state index contributed by atoms with van der Waals surface area (Å²) in [5.74, 6) is -1.20. The molecule has 0 saturated carbocycles. The maximum atomic E-state index is 12.7. The SMILES string of the molecule is CCCC(C(=O)NC=O)N(C=O)C(=O)c1cccc(CC)c1C. The van der Waals surface area contributed by atoms with E-state index in [1.54, 1.807) is 12.1 Å². The van der Waals surface area contributed by atoms with Gasteiger partial charge in [-0.1, -0.05) is 32.4 Å². The van der Waals surface area contributed by atoms with Gasteiger partial charge in [0, 0.05) is 5.56 Å². The van der Waals surface area contributed by atoms with Gasteiger partial charge in [0.25, 0.3) is 5.91 Å². The molecule has 0 aromatic heterocycles. The molecule has 4 amide bonds. The van der Waals surface area contributed by atoms with E-state index in [0.29, 0.717) is 18.4 Å². The normalized spacial score (nSPS) is 11.4. The van der Waals surface area contributed by atoms with E-state index in [4.69, 9.17) is 0 Å². The zero-order valence-electron chi connectivity index (χ0n) is 13.7. The van der Waals surface area contributed by atoms with Gasteiger partial charge in [0.05, 0.1) is 0 Å². The number of benzene rings is 1. The van der Waals surface area contributed by atoms with Crippen LogP contribution in [0.2, 0.25) is 0 Å². The highest BCUT2D eigenvalue weighted by atomic mass is 16.2. The Balaban J connectivity index is 3.21. The number of amides is 4. The first-order valence-corrected chi connectivity index (χ1v) is 7.62. The van der Waals surface area contributed by atoms with Crippen molar-refractivity contribution in [3.8, 4) is 0 Å². The van der Waals surface area contributed by atoms with Gasteiger partial charge in [0.2, 0.25) is 18.7 Å². The fraction of sp³-hybridized carbons (Fsp3) is 0.412. The van der Waals surface area contributed by atoms with Gasteiger partial charge in [-0.05, 0) is 37.0 Å². The Bertz CT molecular complexity index is 598. The van der Waals surface area contributed by atoms with Crippen molar-refractivity contribution in [3.63, 3.8) is 0 Å². The standard InChI is InChI=1S/C17H22N2O4/c1-4-7-15(16(22)18-10-20)19(11-21)17(23)14-9-6-8-13(5-2)12(14)3/h6,8-11,15H,4-5,7H2,1-3H3,(H,18,20,22). The molecule has 6 nitrogen and oxygen atoms in total. The van der Waals surface area contributed by atoms with Crippen LogP contribution in [0.5, 0.6) is 0 Å². The number of imide groups is 2. The first-order valence-electron chi connectivity index (χ1n) is 7.62. The molecule has 1 N–H and O–H groups in total. The molecule has 6 heteroatoms. The summed E-state index contributed by atoms with van der Waals surface area (Å²) >= 11 is 0. The minimum absolute atomic E-state index is 0.251. The molecule has 0 aliphatic heterocycles. The number of nitrogens with one attached hydrogen (secondary N) is 1. The van der Waals surface area contributed by atoms with Gasteiger partial charge in [0.15, 0.2) is 0 Å². The third-order valence-electron chi connectivity index (χ3n) is 3.81. The van der Waals surface area contributed by atoms with Crippen molar-refractivity contribution in [2.75, 3.05) is 0 Å². The summed E-state index contributed by atoms with van der Waals surface area (Å²) < 4.78 is 0. The molecule has 0 aliphatic rings. The smallest absolute Gasteiger partial charge is 0.261 e. The van der Waals surface area contributed by atoms with Crippen molar-refractivity contribution in [2.45, 2.75) is 46.1 Å². The van der Waals surface area contributed by atoms with Crippen LogP contribution in [-0.2, 0) is 20.8 Å². The van der Waals surface area contributed by atoms with Crippen LogP contribution in [0.1, 0.15) is 48.2 Å². The topological polar surface area (TPSA) is 83.6 Å². The number of hydrogen-bond donors (Lipinski definition) is 1.